The van der Waals surface area contributed by atoms with E-state index in [1.54, 1.807) is 30.0 Å². The van der Waals surface area contributed by atoms with Crippen molar-refractivity contribution in [1.29, 1.82) is 0 Å². The molecule has 40 heavy (non-hydrogen) atoms. The summed E-state index contributed by atoms with van der Waals surface area (Å²) in [6.07, 6.45) is 0.652. The fourth-order valence-corrected chi connectivity index (χ4v) is 6.08. The van der Waals surface area contributed by atoms with Gasteiger partial charge in [0.2, 0.25) is 11.8 Å². The van der Waals surface area contributed by atoms with Gasteiger partial charge in [-0.1, -0.05) is 66.2 Å². The number of ether oxygens (including phenoxy) is 1. The first-order chi connectivity index (χ1) is 19.5. The third kappa shape index (κ3) is 5.91. The number of thioether (sulfide) groups is 1. The molecule has 0 bridgehead atoms. The van der Waals surface area contributed by atoms with E-state index in [2.05, 4.69) is 5.32 Å². The number of fused-ring (bicyclic) bond motifs is 1. The van der Waals surface area contributed by atoms with Crippen LogP contribution in [0.15, 0.2) is 78.9 Å². The second kappa shape index (κ2) is 12.7. The Hall–Kier alpha value is -3.66. The Bertz CT molecular complexity index is 1500. The molecule has 0 spiro atoms. The van der Waals surface area contributed by atoms with Gasteiger partial charge in [0.25, 0.3) is 0 Å². The van der Waals surface area contributed by atoms with Crippen LogP contribution in [0.3, 0.4) is 0 Å². The SMILES string of the molecule is COCCCNC(=O)CN1C(=O)CS[C@@H](c2ccc(F)cc2)c2c(-c3ccccc3)nn(-c3ccccc3Cl)c21. The van der Waals surface area contributed by atoms with Crippen LogP contribution in [0.25, 0.3) is 16.9 Å². The number of benzene rings is 3. The van der Waals surface area contributed by atoms with E-state index < -0.39 is 0 Å². The predicted octanol–water partition coefficient (Wildman–Crippen LogP) is 5.65. The fourth-order valence-electron chi connectivity index (χ4n) is 4.66. The standard InChI is InChI=1S/C30H28ClFN4O3S/c1-39-17-7-16-33-25(37)18-35-26(38)19-40-29(21-12-14-22(32)15-13-21)27-28(20-8-3-2-4-9-20)34-36(30(27)35)24-11-6-5-10-23(24)31/h2-6,8-15,29H,7,16-19H2,1H3,(H,33,37)/t29-/m0/s1. The maximum absolute atomic E-state index is 13.9. The summed E-state index contributed by atoms with van der Waals surface area (Å²) in [4.78, 5) is 28.3. The molecule has 2 heterocycles. The van der Waals surface area contributed by atoms with Gasteiger partial charge < -0.3 is 10.1 Å². The van der Waals surface area contributed by atoms with E-state index in [0.29, 0.717) is 41.8 Å². The molecule has 5 rings (SSSR count). The number of carbonyl (C=O) groups excluding carboxylic acids is 2. The van der Waals surface area contributed by atoms with Crippen molar-refractivity contribution in [2.75, 3.05) is 37.5 Å². The number of carbonyl (C=O) groups is 2. The Balaban J connectivity index is 1.72. The zero-order valence-electron chi connectivity index (χ0n) is 21.8. The van der Waals surface area contributed by atoms with Crippen LogP contribution >= 0.6 is 23.4 Å². The minimum absolute atomic E-state index is 0.116. The lowest BCUT2D eigenvalue weighted by molar-refractivity contribution is -0.122. The molecule has 0 aliphatic carbocycles. The highest BCUT2D eigenvalue weighted by molar-refractivity contribution is 8.00. The number of methoxy groups -OCH3 is 1. The summed E-state index contributed by atoms with van der Waals surface area (Å²) < 4.78 is 20.6. The summed E-state index contributed by atoms with van der Waals surface area (Å²) in [5, 5.41) is 7.97. The van der Waals surface area contributed by atoms with Crippen molar-refractivity contribution >= 4 is 41.0 Å². The van der Waals surface area contributed by atoms with Crippen LogP contribution in [-0.2, 0) is 14.3 Å². The number of para-hydroxylation sites is 1. The molecule has 7 nitrogen and oxygen atoms in total. The number of anilines is 1. The number of amides is 2. The van der Waals surface area contributed by atoms with Crippen molar-refractivity contribution < 1.29 is 18.7 Å². The molecule has 10 heteroatoms. The van der Waals surface area contributed by atoms with Crippen molar-refractivity contribution in [3.8, 4) is 16.9 Å². The molecule has 3 aromatic carbocycles. The van der Waals surface area contributed by atoms with Gasteiger partial charge in [-0.3, -0.25) is 14.5 Å². The average Bonchev–Trinajstić information content (AvgIpc) is 3.29. The molecule has 0 unspecified atom stereocenters. The van der Waals surface area contributed by atoms with Crippen molar-refractivity contribution in [2.45, 2.75) is 11.7 Å². The fraction of sp³-hybridized carbons (Fsp3) is 0.233. The van der Waals surface area contributed by atoms with E-state index in [0.717, 1.165) is 16.7 Å². The Morgan fingerprint density at radius 1 is 1.10 bits per heavy atom. The van der Waals surface area contributed by atoms with Crippen LogP contribution in [-0.4, -0.2) is 54.2 Å². The van der Waals surface area contributed by atoms with Gasteiger partial charge in [-0.2, -0.15) is 5.10 Å². The Labute approximate surface area is 241 Å². The third-order valence-corrected chi connectivity index (χ3v) is 8.11. The first-order valence-electron chi connectivity index (χ1n) is 12.8. The lowest BCUT2D eigenvalue weighted by Crippen LogP contribution is -2.42. The third-order valence-electron chi connectivity index (χ3n) is 6.54. The molecule has 1 N–H and O–H groups in total. The first kappa shape index (κ1) is 27.9. The quantitative estimate of drug-likeness (QED) is 0.260. The van der Waals surface area contributed by atoms with E-state index in [1.807, 2.05) is 48.5 Å². The van der Waals surface area contributed by atoms with Gasteiger partial charge in [0.05, 0.1) is 27.4 Å². The minimum atomic E-state index is -0.360. The summed E-state index contributed by atoms with van der Waals surface area (Å²) in [7, 11) is 1.61. The highest BCUT2D eigenvalue weighted by Crippen LogP contribution is 2.48. The van der Waals surface area contributed by atoms with Gasteiger partial charge >= 0.3 is 0 Å². The molecule has 1 atom stereocenters. The summed E-state index contributed by atoms with van der Waals surface area (Å²) in [6.45, 7) is 0.746. The topological polar surface area (TPSA) is 76.5 Å². The van der Waals surface area contributed by atoms with Crippen LogP contribution in [0, 0.1) is 5.82 Å². The summed E-state index contributed by atoms with van der Waals surface area (Å²) in [6, 6.07) is 23.2. The zero-order valence-corrected chi connectivity index (χ0v) is 23.4. The molecular formula is C30H28ClFN4O3S. The molecule has 4 aromatic rings. The van der Waals surface area contributed by atoms with Crippen molar-refractivity contribution in [1.82, 2.24) is 15.1 Å². The van der Waals surface area contributed by atoms with Gasteiger partial charge in [0.1, 0.15) is 18.2 Å². The molecule has 0 fully saturated rings. The van der Waals surface area contributed by atoms with Gasteiger partial charge in [-0.25, -0.2) is 9.07 Å². The van der Waals surface area contributed by atoms with E-state index in [9.17, 15) is 14.0 Å². The molecule has 0 radical (unpaired) electrons. The van der Waals surface area contributed by atoms with Crippen LogP contribution in [0.4, 0.5) is 10.2 Å². The Morgan fingerprint density at radius 2 is 1.82 bits per heavy atom. The van der Waals surface area contributed by atoms with Crippen LogP contribution < -0.4 is 10.2 Å². The summed E-state index contributed by atoms with van der Waals surface area (Å²) in [5.41, 5.74) is 3.64. The normalized spacial score (nSPS) is 15.0. The molecule has 1 aliphatic rings. The maximum Gasteiger partial charge on any atom is 0.240 e. The van der Waals surface area contributed by atoms with Gasteiger partial charge in [-0.15, -0.1) is 11.8 Å². The van der Waals surface area contributed by atoms with Gasteiger partial charge in [0, 0.05) is 31.4 Å². The van der Waals surface area contributed by atoms with E-state index in [1.165, 1.54) is 28.8 Å². The zero-order chi connectivity index (χ0) is 28.1. The number of halogens is 2. The van der Waals surface area contributed by atoms with E-state index in [4.69, 9.17) is 21.4 Å². The molecule has 1 aliphatic heterocycles. The van der Waals surface area contributed by atoms with E-state index in [-0.39, 0.29) is 35.2 Å². The number of hydrogen-bond acceptors (Lipinski definition) is 5. The molecule has 1 aromatic heterocycles. The number of nitrogens with one attached hydrogen (secondary N) is 1. The van der Waals surface area contributed by atoms with Crippen LogP contribution in [0.1, 0.15) is 22.8 Å². The molecule has 2 amide bonds. The molecule has 0 saturated carbocycles. The average molecular weight is 579 g/mol. The smallest absolute Gasteiger partial charge is 0.240 e. The number of aromatic nitrogens is 2. The van der Waals surface area contributed by atoms with Crippen LogP contribution in [0.5, 0.6) is 0 Å². The predicted molar refractivity (Wildman–Crippen MR) is 157 cm³/mol. The largest absolute Gasteiger partial charge is 0.385 e. The van der Waals surface area contributed by atoms with Crippen molar-refractivity contribution in [2.24, 2.45) is 0 Å². The summed E-state index contributed by atoms with van der Waals surface area (Å²) in [5.74, 6) is -0.307. The number of rotatable bonds is 9. The number of nitrogens with zero attached hydrogens (tertiary/aromatic N) is 3. The molecule has 206 valence electrons. The van der Waals surface area contributed by atoms with Gasteiger partial charge in [0.15, 0.2) is 0 Å². The van der Waals surface area contributed by atoms with Crippen molar-refractivity contribution in [3.05, 3.63) is 101 Å². The first-order valence-corrected chi connectivity index (χ1v) is 14.3. The minimum Gasteiger partial charge on any atom is -0.385 e. The summed E-state index contributed by atoms with van der Waals surface area (Å²) >= 11 is 8.08. The Kier molecular flexibility index (Phi) is 8.84. The van der Waals surface area contributed by atoms with Crippen molar-refractivity contribution in [3.63, 3.8) is 0 Å². The highest BCUT2D eigenvalue weighted by atomic mass is 35.5. The highest BCUT2D eigenvalue weighted by Gasteiger charge is 2.38. The lowest BCUT2D eigenvalue weighted by atomic mass is 9.99. The molecular weight excluding hydrogens is 551 g/mol. The van der Waals surface area contributed by atoms with E-state index >= 15 is 0 Å². The lowest BCUT2D eigenvalue weighted by Gasteiger charge is -2.23. The molecule has 0 saturated heterocycles. The second-order valence-corrected chi connectivity index (χ2v) is 10.7. The maximum atomic E-state index is 13.9. The van der Waals surface area contributed by atoms with Crippen LogP contribution in [0.2, 0.25) is 5.02 Å². The Morgan fingerprint density at radius 3 is 2.55 bits per heavy atom. The monoisotopic (exact) mass is 578 g/mol. The van der Waals surface area contributed by atoms with Gasteiger partial charge in [-0.05, 0) is 36.2 Å². The second-order valence-electron chi connectivity index (χ2n) is 9.23. The number of hydrogen-bond donors (Lipinski definition) is 1.